The SMILES string of the molecule is Nc1cc(-c2ccc3ncnc(-c4cnc(N5CCOCC5)c(F)c4)c3c2)ccn1. The average Bonchev–Trinajstić information content (AvgIpc) is 2.79. The maximum atomic E-state index is 14.9. The maximum absolute atomic E-state index is 14.9. The van der Waals surface area contributed by atoms with E-state index in [0.717, 1.165) is 22.0 Å². The van der Waals surface area contributed by atoms with Crippen molar-refractivity contribution >= 4 is 22.5 Å². The molecule has 3 aromatic heterocycles. The number of benzene rings is 1. The molecule has 1 aliphatic rings. The fraction of sp³-hybridized carbons (Fsp3) is 0.182. The zero-order valence-corrected chi connectivity index (χ0v) is 16.1. The lowest BCUT2D eigenvalue weighted by Gasteiger charge is -2.28. The summed E-state index contributed by atoms with van der Waals surface area (Å²) < 4.78 is 20.2. The Hall–Kier alpha value is -3.65. The van der Waals surface area contributed by atoms with E-state index in [1.165, 1.54) is 12.4 Å². The predicted molar refractivity (Wildman–Crippen MR) is 113 cm³/mol. The number of fused-ring (bicyclic) bond motifs is 1. The largest absolute Gasteiger partial charge is 0.384 e. The van der Waals surface area contributed by atoms with Crippen LogP contribution in [0.1, 0.15) is 0 Å². The van der Waals surface area contributed by atoms with Crippen molar-refractivity contribution in [2.24, 2.45) is 0 Å². The summed E-state index contributed by atoms with van der Waals surface area (Å²) in [6.07, 6.45) is 4.81. The quantitative estimate of drug-likeness (QED) is 0.562. The molecule has 1 aromatic carbocycles. The van der Waals surface area contributed by atoms with Gasteiger partial charge in [-0.25, -0.2) is 24.3 Å². The predicted octanol–water partition coefficient (Wildman–Crippen LogP) is 3.31. The summed E-state index contributed by atoms with van der Waals surface area (Å²) >= 11 is 0. The number of nitrogens with two attached hydrogens (primary N) is 1. The Kier molecular flexibility index (Phi) is 4.68. The molecule has 0 bridgehead atoms. The molecule has 0 amide bonds. The number of rotatable bonds is 3. The number of hydrogen-bond acceptors (Lipinski definition) is 7. The molecule has 2 N–H and O–H groups in total. The Bertz CT molecular complexity index is 1230. The van der Waals surface area contributed by atoms with Crippen molar-refractivity contribution in [3.63, 3.8) is 0 Å². The first-order chi connectivity index (χ1) is 14.7. The second-order valence-electron chi connectivity index (χ2n) is 7.05. The van der Waals surface area contributed by atoms with Gasteiger partial charge in [-0.2, -0.15) is 0 Å². The topological polar surface area (TPSA) is 90.0 Å². The third-order valence-corrected chi connectivity index (χ3v) is 5.16. The van der Waals surface area contributed by atoms with Crippen LogP contribution in [0.25, 0.3) is 33.3 Å². The van der Waals surface area contributed by atoms with E-state index in [1.54, 1.807) is 12.4 Å². The second-order valence-corrected chi connectivity index (χ2v) is 7.05. The van der Waals surface area contributed by atoms with E-state index in [0.29, 0.717) is 49.2 Å². The minimum Gasteiger partial charge on any atom is -0.384 e. The maximum Gasteiger partial charge on any atom is 0.166 e. The third kappa shape index (κ3) is 3.42. The Morgan fingerprint density at radius 1 is 0.900 bits per heavy atom. The van der Waals surface area contributed by atoms with Gasteiger partial charge in [0, 0.05) is 36.4 Å². The highest BCUT2D eigenvalue weighted by atomic mass is 19.1. The monoisotopic (exact) mass is 402 g/mol. The van der Waals surface area contributed by atoms with Gasteiger partial charge >= 0.3 is 0 Å². The Morgan fingerprint density at radius 2 is 1.73 bits per heavy atom. The van der Waals surface area contributed by atoms with Crippen LogP contribution >= 0.6 is 0 Å². The molecule has 150 valence electrons. The Morgan fingerprint density at radius 3 is 2.53 bits per heavy atom. The molecule has 4 heterocycles. The minimum atomic E-state index is -0.376. The summed E-state index contributed by atoms with van der Waals surface area (Å²) in [5.74, 6) is 0.412. The van der Waals surface area contributed by atoms with Gasteiger partial charge in [0.05, 0.1) is 24.4 Å². The molecule has 5 rings (SSSR count). The lowest BCUT2D eigenvalue weighted by Crippen LogP contribution is -2.37. The van der Waals surface area contributed by atoms with Crippen molar-refractivity contribution in [3.8, 4) is 22.4 Å². The number of ether oxygens (including phenoxy) is 1. The smallest absolute Gasteiger partial charge is 0.166 e. The number of nitrogens with zero attached hydrogens (tertiary/aromatic N) is 5. The molecular formula is C22H19FN6O. The average molecular weight is 402 g/mol. The second kappa shape index (κ2) is 7.64. The van der Waals surface area contributed by atoms with E-state index in [-0.39, 0.29) is 5.82 Å². The van der Waals surface area contributed by atoms with Crippen molar-refractivity contribution in [1.29, 1.82) is 0 Å². The van der Waals surface area contributed by atoms with Crippen LogP contribution in [0.2, 0.25) is 0 Å². The highest BCUT2D eigenvalue weighted by Crippen LogP contribution is 2.31. The highest BCUT2D eigenvalue weighted by molar-refractivity contribution is 5.95. The molecule has 0 saturated carbocycles. The lowest BCUT2D eigenvalue weighted by molar-refractivity contribution is 0.122. The van der Waals surface area contributed by atoms with Gasteiger partial charge in [-0.3, -0.25) is 0 Å². The fourth-order valence-corrected chi connectivity index (χ4v) is 3.66. The first-order valence-electron chi connectivity index (χ1n) is 9.64. The van der Waals surface area contributed by atoms with Crippen LogP contribution in [0.15, 0.2) is 55.1 Å². The van der Waals surface area contributed by atoms with Crippen LogP contribution in [-0.4, -0.2) is 46.2 Å². The molecule has 1 aliphatic heterocycles. The van der Waals surface area contributed by atoms with Crippen molar-refractivity contribution in [3.05, 3.63) is 60.9 Å². The van der Waals surface area contributed by atoms with Gasteiger partial charge in [-0.1, -0.05) is 6.07 Å². The van der Waals surface area contributed by atoms with E-state index in [9.17, 15) is 4.39 Å². The number of morpholine rings is 1. The summed E-state index contributed by atoms with van der Waals surface area (Å²) in [5.41, 5.74) is 9.71. The normalized spacial score (nSPS) is 14.2. The van der Waals surface area contributed by atoms with Gasteiger partial charge < -0.3 is 15.4 Å². The van der Waals surface area contributed by atoms with E-state index in [1.807, 2.05) is 35.2 Å². The zero-order chi connectivity index (χ0) is 20.5. The van der Waals surface area contributed by atoms with E-state index in [4.69, 9.17) is 10.5 Å². The molecule has 4 aromatic rings. The molecule has 0 spiro atoms. The van der Waals surface area contributed by atoms with Crippen LogP contribution in [0.3, 0.4) is 0 Å². The van der Waals surface area contributed by atoms with Gasteiger partial charge in [-0.15, -0.1) is 0 Å². The molecule has 8 heteroatoms. The number of aromatic nitrogens is 4. The van der Waals surface area contributed by atoms with Crippen LogP contribution < -0.4 is 10.6 Å². The summed E-state index contributed by atoms with van der Waals surface area (Å²) in [7, 11) is 0. The third-order valence-electron chi connectivity index (χ3n) is 5.16. The van der Waals surface area contributed by atoms with Crippen molar-refractivity contribution in [2.45, 2.75) is 0 Å². The molecule has 7 nitrogen and oxygen atoms in total. The Labute approximate surface area is 172 Å². The summed E-state index contributed by atoms with van der Waals surface area (Å²) in [6.45, 7) is 2.39. The number of nitrogen functional groups attached to an aromatic ring is 1. The number of anilines is 2. The molecule has 0 unspecified atom stereocenters. The van der Waals surface area contributed by atoms with Crippen LogP contribution in [0.5, 0.6) is 0 Å². The minimum absolute atomic E-state index is 0.341. The summed E-state index contributed by atoms with van der Waals surface area (Å²) in [5, 5.41) is 0.811. The number of hydrogen-bond donors (Lipinski definition) is 1. The molecular weight excluding hydrogens is 383 g/mol. The molecule has 1 fully saturated rings. The summed E-state index contributed by atoms with van der Waals surface area (Å²) in [6, 6.07) is 11.0. The molecule has 0 aliphatic carbocycles. The molecule has 0 radical (unpaired) electrons. The van der Waals surface area contributed by atoms with Gasteiger partial charge in [0.25, 0.3) is 0 Å². The highest BCUT2D eigenvalue weighted by Gasteiger charge is 2.18. The van der Waals surface area contributed by atoms with Crippen LogP contribution in [-0.2, 0) is 4.74 Å². The molecule has 30 heavy (non-hydrogen) atoms. The first-order valence-corrected chi connectivity index (χ1v) is 9.64. The van der Waals surface area contributed by atoms with Crippen molar-refractivity contribution in [1.82, 2.24) is 19.9 Å². The van der Waals surface area contributed by atoms with Gasteiger partial charge in [0.1, 0.15) is 12.1 Å². The van der Waals surface area contributed by atoms with E-state index < -0.39 is 0 Å². The van der Waals surface area contributed by atoms with Gasteiger partial charge in [0.15, 0.2) is 11.6 Å². The fourth-order valence-electron chi connectivity index (χ4n) is 3.66. The molecule has 1 saturated heterocycles. The van der Waals surface area contributed by atoms with Crippen molar-refractivity contribution in [2.75, 3.05) is 36.9 Å². The van der Waals surface area contributed by atoms with Crippen molar-refractivity contribution < 1.29 is 9.13 Å². The zero-order valence-electron chi connectivity index (χ0n) is 16.1. The van der Waals surface area contributed by atoms with Gasteiger partial charge in [-0.05, 0) is 41.5 Å². The Balaban J connectivity index is 1.58. The lowest BCUT2D eigenvalue weighted by atomic mass is 10.0. The van der Waals surface area contributed by atoms with E-state index in [2.05, 4.69) is 19.9 Å². The van der Waals surface area contributed by atoms with Gasteiger partial charge in [0.2, 0.25) is 0 Å². The van der Waals surface area contributed by atoms with E-state index >= 15 is 0 Å². The standard InChI is InChI=1S/C22H19FN6O/c23-18-10-16(12-26-22(18)29-5-7-30-8-6-29)21-17-9-14(1-2-19(17)27-13-28-21)15-3-4-25-20(24)11-15/h1-4,9-13H,5-8H2,(H2,24,25). The number of halogens is 1. The van der Waals surface area contributed by atoms with Crippen LogP contribution in [0, 0.1) is 5.82 Å². The molecule has 0 atom stereocenters. The first kappa shape index (κ1) is 18.4. The number of pyridine rings is 2. The summed E-state index contributed by atoms with van der Waals surface area (Å²) in [4.78, 5) is 19.1. The van der Waals surface area contributed by atoms with Crippen LogP contribution in [0.4, 0.5) is 16.0 Å².